The Morgan fingerprint density at radius 2 is 2.06 bits per heavy atom. The van der Waals surface area contributed by atoms with Gasteiger partial charge in [0.05, 0.1) is 0 Å². The van der Waals surface area contributed by atoms with Crippen molar-refractivity contribution in [2.75, 3.05) is 5.75 Å². The van der Waals surface area contributed by atoms with Gasteiger partial charge in [-0.2, -0.15) is 11.3 Å². The minimum absolute atomic E-state index is 0.0853. The molecule has 3 nitrogen and oxygen atoms in total. The molecule has 0 aliphatic carbocycles. The molecule has 94 valence electrons. The van der Waals surface area contributed by atoms with Crippen molar-refractivity contribution in [3.63, 3.8) is 0 Å². The molecule has 18 heavy (non-hydrogen) atoms. The van der Waals surface area contributed by atoms with Crippen LogP contribution in [0, 0.1) is 0 Å². The molecule has 0 aliphatic heterocycles. The minimum Gasteiger partial charge on any atom is -0.369 e. The first-order valence-corrected chi connectivity index (χ1v) is 7.83. The number of thiophene rings is 1. The van der Waals surface area contributed by atoms with E-state index in [1.165, 1.54) is 0 Å². The van der Waals surface area contributed by atoms with E-state index in [9.17, 15) is 9.00 Å². The van der Waals surface area contributed by atoms with Gasteiger partial charge in [0.1, 0.15) is 5.75 Å². The first kappa shape index (κ1) is 13.0. The molecule has 2 N–H and O–H groups in total. The number of primary amides is 1. The van der Waals surface area contributed by atoms with Crippen molar-refractivity contribution in [2.45, 2.75) is 5.75 Å². The molecule has 0 spiro atoms. The number of carbonyl (C=O) groups is 1. The van der Waals surface area contributed by atoms with E-state index in [4.69, 9.17) is 5.73 Å². The van der Waals surface area contributed by atoms with Crippen LogP contribution >= 0.6 is 11.3 Å². The zero-order valence-electron chi connectivity index (χ0n) is 9.67. The summed E-state index contributed by atoms with van der Waals surface area (Å²) in [5, 5.41) is 4.06. The van der Waals surface area contributed by atoms with Crippen molar-refractivity contribution in [2.24, 2.45) is 5.73 Å². The number of hydrogen-bond acceptors (Lipinski definition) is 3. The third kappa shape index (κ3) is 3.27. The summed E-state index contributed by atoms with van der Waals surface area (Å²) in [6, 6.07) is 9.82. The van der Waals surface area contributed by atoms with Gasteiger partial charge in [-0.15, -0.1) is 0 Å². The fourth-order valence-corrected chi connectivity index (χ4v) is 3.40. The highest BCUT2D eigenvalue weighted by molar-refractivity contribution is 7.84. The zero-order valence-corrected chi connectivity index (χ0v) is 11.3. The monoisotopic (exact) mass is 279 g/mol. The molecule has 0 fully saturated rings. The van der Waals surface area contributed by atoms with E-state index in [1.807, 2.05) is 35.7 Å². The van der Waals surface area contributed by atoms with E-state index in [0.717, 1.165) is 16.7 Å². The van der Waals surface area contributed by atoms with Crippen LogP contribution in [0.25, 0.3) is 11.1 Å². The summed E-state index contributed by atoms with van der Waals surface area (Å²) in [5.74, 6) is -0.256. The Bertz CT molecular complexity index is 564. The quantitative estimate of drug-likeness (QED) is 0.911. The Hall–Kier alpha value is -1.46. The normalized spacial score (nSPS) is 12.2. The smallest absolute Gasteiger partial charge is 0.230 e. The number of amides is 1. The summed E-state index contributed by atoms with van der Waals surface area (Å²) in [4.78, 5) is 10.7. The van der Waals surface area contributed by atoms with Crippen LogP contribution in [0.2, 0.25) is 0 Å². The molecule has 0 radical (unpaired) electrons. The van der Waals surface area contributed by atoms with Gasteiger partial charge < -0.3 is 5.73 Å². The molecule has 1 aromatic heterocycles. The van der Waals surface area contributed by atoms with Crippen LogP contribution in [-0.4, -0.2) is 15.9 Å². The van der Waals surface area contributed by atoms with Gasteiger partial charge in [0.25, 0.3) is 0 Å². The lowest BCUT2D eigenvalue weighted by Crippen LogP contribution is -2.20. The van der Waals surface area contributed by atoms with Crippen LogP contribution < -0.4 is 5.73 Å². The number of hydrogen-bond donors (Lipinski definition) is 1. The van der Waals surface area contributed by atoms with E-state index < -0.39 is 16.7 Å². The second-order valence-corrected chi connectivity index (χ2v) is 6.10. The highest BCUT2D eigenvalue weighted by Crippen LogP contribution is 2.26. The molecular formula is C13H13NO2S2. The molecule has 1 unspecified atom stereocenters. The maximum atomic E-state index is 11.8. The van der Waals surface area contributed by atoms with Gasteiger partial charge in [0.2, 0.25) is 5.91 Å². The Morgan fingerprint density at radius 1 is 1.28 bits per heavy atom. The predicted octanol–water partition coefficient (Wildman–Crippen LogP) is 2.15. The van der Waals surface area contributed by atoms with Crippen LogP contribution in [0.4, 0.5) is 0 Å². The van der Waals surface area contributed by atoms with Gasteiger partial charge in [-0.1, -0.05) is 24.3 Å². The summed E-state index contributed by atoms with van der Waals surface area (Å²) in [6.45, 7) is 0. The van der Waals surface area contributed by atoms with Crippen molar-refractivity contribution in [1.29, 1.82) is 0 Å². The lowest BCUT2D eigenvalue weighted by molar-refractivity contribution is -0.115. The molecule has 5 heteroatoms. The summed E-state index contributed by atoms with van der Waals surface area (Å²) < 4.78 is 11.8. The van der Waals surface area contributed by atoms with Gasteiger partial charge in [-0.25, -0.2) is 0 Å². The standard InChI is InChI=1S/C13H13NO2S2/c14-13(15)9-18(16)8-11-3-1-2-4-12(11)10-5-6-17-7-10/h1-7H,8-9H2,(H2,14,15). The largest absolute Gasteiger partial charge is 0.369 e. The Morgan fingerprint density at radius 3 is 2.72 bits per heavy atom. The Kier molecular flexibility index (Phi) is 4.28. The van der Waals surface area contributed by atoms with Crippen molar-refractivity contribution in [3.05, 3.63) is 46.7 Å². The van der Waals surface area contributed by atoms with Crippen LogP contribution in [0.15, 0.2) is 41.1 Å². The van der Waals surface area contributed by atoms with Crippen LogP contribution in [0.1, 0.15) is 5.56 Å². The summed E-state index contributed by atoms with van der Waals surface area (Å²) in [5.41, 5.74) is 8.21. The summed E-state index contributed by atoms with van der Waals surface area (Å²) >= 11 is 1.62. The fourth-order valence-electron chi connectivity index (χ4n) is 1.73. The van der Waals surface area contributed by atoms with Gasteiger partial charge in [0.15, 0.2) is 0 Å². The zero-order chi connectivity index (χ0) is 13.0. The van der Waals surface area contributed by atoms with Crippen molar-refractivity contribution >= 4 is 28.0 Å². The van der Waals surface area contributed by atoms with Crippen LogP contribution in [0.3, 0.4) is 0 Å². The van der Waals surface area contributed by atoms with E-state index in [1.54, 1.807) is 11.3 Å². The Labute approximate surface area is 112 Å². The molecule has 2 aromatic rings. The fraction of sp³-hybridized carbons (Fsp3) is 0.154. The number of carbonyl (C=O) groups excluding carboxylic acids is 1. The molecular weight excluding hydrogens is 266 g/mol. The third-order valence-electron chi connectivity index (χ3n) is 2.47. The van der Waals surface area contributed by atoms with Crippen LogP contribution in [0.5, 0.6) is 0 Å². The third-order valence-corrected chi connectivity index (χ3v) is 4.39. The Balaban J connectivity index is 2.23. The topological polar surface area (TPSA) is 60.2 Å². The molecule has 0 saturated heterocycles. The molecule has 0 saturated carbocycles. The van der Waals surface area contributed by atoms with Gasteiger partial charge in [-0.05, 0) is 33.5 Å². The molecule has 0 bridgehead atoms. The first-order valence-electron chi connectivity index (χ1n) is 5.40. The van der Waals surface area contributed by atoms with Crippen molar-refractivity contribution < 1.29 is 9.00 Å². The molecule has 0 aliphatic rings. The van der Waals surface area contributed by atoms with E-state index in [-0.39, 0.29) is 5.75 Å². The molecule has 2 rings (SSSR count). The maximum Gasteiger partial charge on any atom is 0.230 e. The number of benzene rings is 1. The average Bonchev–Trinajstić information content (AvgIpc) is 2.81. The second kappa shape index (κ2) is 5.93. The lowest BCUT2D eigenvalue weighted by atomic mass is 10.0. The summed E-state index contributed by atoms with van der Waals surface area (Å²) in [6.07, 6.45) is 0. The van der Waals surface area contributed by atoms with E-state index in [0.29, 0.717) is 5.75 Å². The molecule has 1 atom stereocenters. The maximum absolute atomic E-state index is 11.8. The van der Waals surface area contributed by atoms with Crippen molar-refractivity contribution in [3.8, 4) is 11.1 Å². The van der Waals surface area contributed by atoms with Gasteiger partial charge in [0, 0.05) is 16.6 Å². The average molecular weight is 279 g/mol. The highest BCUT2D eigenvalue weighted by Gasteiger charge is 2.10. The van der Waals surface area contributed by atoms with Gasteiger partial charge >= 0.3 is 0 Å². The molecule has 1 amide bonds. The first-order chi connectivity index (χ1) is 8.66. The van der Waals surface area contributed by atoms with E-state index in [2.05, 4.69) is 5.38 Å². The molecule has 1 heterocycles. The SMILES string of the molecule is NC(=O)CS(=O)Cc1ccccc1-c1ccsc1. The number of rotatable bonds is 5. The van der Waals surface area contributed by atoms with E-state index >= 15 is 0 Å². The molecule has 1 aromatic carbocycles. The van der Waals surface area contributed by atoms with Crippen LogP contribution in [-0.2, 0) is 21.3 Å². The highest BCUT2D eigenvalue weighted by atomic mass is 32.2. The summed E-state index contributed by atoms with van der Waals surface area (Å²) in [7, 11) is -1.24. The van der Waals surface area contributed by atoms with Crippen molar-refractivity contribution in [1.82, 2.24) is 0 Å². The van der Waals surface area contributed by atoms with Gasteiger partial charge in [-0.3, -0.25) is 9.00 Å². The minimum atomic E-state index is -1.24. The second-order valence-electron chi connectivity index (χ2n) is 3.86. The predicted molar refractivity (Wildman–Crippen MR) is 75.7 cm³/mol. The lowest BCUT2D eigenvalue weighted by Gasteiger charge is -2.07. The number of nitrogens with two attached hydrogens (primary N) is 1.